The van der Waals surface area contributed by atoms with E-state index in [1.54, 1.807) is 31.3 Å². The van der Waals surface area contributed by atoms with Gasteiger partial charge in [-0.2, -0.15) is 0 Å². The molecule has 0 spiro atoms. The monoisotopic (exact) mass is 273 g/mol. The van der Waals surface area contributed by atoms with E-state index >= 15 is 0 Å². The van der Waals surface area contributed by atoms with Gasteiger partial charge in [-0.25, -0.2) is 0 Å². The topological polar surface area (TPSA) is 92.2 Å². The van der Waals surface area contributed by atoms with Gasteiger partial charge in [-0.3, -0.25) is 19.6 Å². The number of carboxylic acids is 1. The zero-order valence-electron chi connectivity index (χ0n) is 11.0. The fourth-order valence-corrected chi connectivity index (χ4v) is 1.91. The van der Waals surface area contributed by atoms with Crippen molar-refractivity contribution in [2.75, 3.05) is 6.54 Å². The van der Waals surface area contributed by atoms with Crippen molar-refractivity contribution in [3.8, 4) is 0 Å². The molecule has 1 atom stereocenters. The van der Waals surface area contributed by atoms with Crippen molar-refractivity contribution >= 4 is 22.9 Å². The summed E-state index contributed by atoms with van der Waals surface area (Å²) in [6.07, 6.45) is 3.13. The molecule has 1 heterocycles. The Kier molecular flexibility index (Phi) is 4.24. The highest BCUT2D eigenvalue weighted by Gasteiger charge is 2.13. The number of rotatable bonds is 5. The molecule has 2 N–H and O–H groups in total. The molecule has 6 nitrogen and oxygen atoms in total. The van der Waals surface area contributed by atoms with Gasteiger partial charge in [0.05, 0.1) is 11.1 Å². The molecule has 1 amide bonds. The third-order valence-electron chi connectivity index (χ3n) is 2.88. The van der Waals surface area contributed by atoms with Crippen molar-refractivity contribution in [1.29, 1.82) is 0 Å². The molecule has 0 fully saturated rings. The van der Waals surface area contributed by atoms with Crippen molar-refractivity contribution < 1.29 is 14.7 Å². The molecule has 104 valence electrons. The standard InChI is InChI=1S/C14H15N3O3/c1-9(7-12(18)19)8-17-14(20)10-3-2-4-11-13(10)16-6-5-15-11/h2-6,9H,7-8H2,1H3,(H,17,20)(H,18,19). The van der Waals surface area contributed by atoms with Gasteiger partial charge in [0.1, 0.15) is 5.52 Å². The largest absolute Gasteiger partial charge is 0.481 e. The Bertz CT molecular complexity index is 637. The zero-order valence-corrected chi connectivity index (χ0v) is 11.0. The van der Waals surface area contributed by atoms with Crippen molar-refractivity contribution in [3.63, 3.8) is 0 Å². The Morgan fingerprint density at radius 1 is 1.30 bits per heavy atom. The number of carboxylic acid groups (broad SMARTS) is 1. The predicted molar refractivity (Wildman–Crippen MR) is 73.3 cm³/mol. The minimum Gasteiger partial charge on any atom is -0.481 e. The van der Waals surface area contributed by atoms with Crippen molar-refractivity contribution in [3.05, 3.63) is 36.2 Å². The number of aromatic nitrogens is 2. The molecule has 20 heavy (non-hydrogen) atoms. The molecular weight excluding hydrogens is 258 g/mol. The summed E-state index contributed by atoms with van der Waals surface area (Å²) >= 11 is 0. The van der Waals surface area contributed by atoms with Crippen LogP contribution in [0.15, 0.2) is 30.6 Å². The lowest BCUT2D eigenvalue weighted by atomic mass is 10.1. The second-order valence-electron chi connectivity index (χ2n) is 4.64. The summed E-state index contributed by atoms with van der Waals surface area (Å²) in [6, 6.07) is 5.20. The molecule has 6 heteroatoms. The Hall–Kier alpha value is -2.50. The smallest absolute Gasteiger partial charge is 0.303 e. The Balaban J connectivity index is 2.10. The van der Waals surface area contributed by atoms with Gasteiger partial charge in [0.2, 0.25) is 0 Å². The molecule has 0 radical (unpaired) electrons. The molecule has 1 aromatic carbocycles. The van der Waals surface area contributed by atoms with E-state index in [2.05, 4.69) is 15.3 Å². The van der Waals surface area contributed by atoms with E-state index in [0.29, 0.717) is 23.1 Å². The molecular formula is C14H15N3O3. The van der Waals surface area contributed by atoms with Gasteiger partial charge in [-0.05, 0) is 18.1 Å². The number of para-hydroxylation sites is 1. The SMILES string of the molecule is CC(CNC(=O)c1cccc2nccnc12)CC(=O)O. The molecule has 2 aromatic rings. The van der Waals surface area contributed by atoms with Crippen LogP contribution in [-0.2, 0) is 4.79 Å². The number of carbonyl (C=O) groups excluding carboxylic acids is 1. The average molecular weight is 273 g/mol. The molecule has 0 bridgehead atoms. The molecule has 0 aliphatic carbocycles. The summed E-state index contributed by atoms with van der Waals surface area (Å²) in [4.78, 5) is 31.0. The van der Waals surface area contributed by atoms with Crippen LogP contribution in [-0.4, -0.2) is 33.5 Å². The van der Waals surface area contributed by atoms with E-state index in [4.69, 9.17) is 5.11 Å². The van der Waals surface area contributed by atoms with Crippen LogP contribution in [0.25, 0.3) is 11.0 Å². The molecule has 0 saturated heterocycles. The summed E-state index contributed by atoms with van der Waals surface area (Å²) in [5.41, 5.74) is 1.63. The maximum absolute atomic E-state index is 12.1. The second-order valence-corrected chi connectivity index (χ2v) is 4.64. The van der Waals surface area contributed by atoms with Gasteiger partial charge in [-0.15, -0.1) is 0 Å². The number of aliphatic carboxylic acids is 1. The molecule has 0 aliphatic rings. The number of amides is 1. The first-order valence-electron chi connectivity index (χ1n) is 6.27. The van der Waals surface area contributed by atoms with E-state index < -0.39 is 5.97 Å². The number of hydrogen-bond donors (Lipinski definition) is 2. The number of benzene rings is 1. The number of carbonyl (C=O) groups is 2. The molecule has 2 rings (SSSR count). The highest BCUT2D eigenvalue weighted by Crippen LogP contribution is 2.13. The average Bonchev–Trinajstić information content (AvgIpc) is 2.43. The van der Waals surface area contributed by atoms with Gasteiger partial charge in [0, 0.05) is 25.4 Å². The third-order valence-corrected chi connectivity index (χ3v) is 2.88. The first-order valence-corrected chi connectivity index (χ1v) is 6.27. The summed E-state index contributed by atoms with van der Waals surface area (Å²) in [7, 11) is 0. The highest BCUT2D eigenvalue weighted by molar-refractivity contribution is 6.04. The first kappa shape index (κ1) is 13.9. The summed E-state index contributed by atoms with van der Waals surface area (Å²) in [5.74, 6) is -1.27. The van der Waals surface area contributed by atoms with Crippen LogP contribution in [0.3, 0.4) is 0 Å². The minimum atomic E-state index is -0.872. The second kappa shape index (κ2) is 6.10. The van der Waals surface area contributed by atoms with Crippen LogP contribution in [0.5, 0.6) is 0 Å². The fourth-order valence-electron chi connectivity index (χ4n) is 1.91. The number of nitrogens with one attached hydrogen (secondary N) is 1. The van der Waals surface area contributed by atoms with E-state index in [1.165, 1.54) is 6.20 Å². The summed E-state index contributed by atoms with van der Waals surface area (Å²) < 4.78 is 0. The van der Waals surface area contributed by atoms with Gasteiger partial charge < -0.3 is 10.4 Å². The molecule has 1 unspecified atom stereocenters. The van der Waals surface area contributed by atoms with E-state index in [0.717, 1.165) is 0 Å². The zero-order chi connectivity index (χ0) is 14.5. The summed E-state index contributed by atoms with van der Waals surface area (Å²) in [6.45, 7) is 2.08. The van der Waals surface area contributed by atoms with Gasteiger partial charge in [0.25, 0.3) is 5.91 Å². The lowest BCUT2D eigenvalue weighted by Crippen LogP contribution is -2.29. The first-order chi connectivity index (χ1) is 9.58. The number of nitrogens with zero attached hydrogens (tertiary/aromatic N) is 2. The molecule has 1 aromatic heterocycles. The van der Waals surface area contributed by atoms with Crippen LogP contribution in [0, 0.1) is 5.92 Å². The van der Waals surface area contributed by atoms with Crippen LogP contribution in [0.2, 0.25) is 0 Å². The van der Waals surface area contributed by atoms with E-state index in [1.807, 2.05) is 0 Å². The van der Waals surface area contributed by atoms with Gasteiger partial charge in [0.15, 0.2) is 0 Å². The molecule has 0 saturated carbocycles. The fraction of sp³-hybridized carbons (Fsp3) is 0.286. The van der Waals surface area contributed by atoms with E-state index in [-0.39, 0.29) is 18.2 Å². The van der Waals surface area contributed by atoms with Gasteiger partial charge >= 0.3 is 5.97 Å². The minimum absolute atomic E-state index is 0.0234. The number of fused-ring (bicyclic) bond motifs is 1. The lowest BCUT2D eigenvalue weighted by molar-refractivity contribution is -0.137. The quantitative estimate of drug-likeness (QED) is 0.860. The highest BCUT2D eigenvalue weighted by atomic mass is 16.4. The van der Waals surface area contributed by atoms with Crippen molar-refractivity contribution in [2.45, 2.75) is 13.3 Å². The van der Waals surface area contributed by atoms with Gasteiger partial charge in [-0.1, -0.05) is 13.0 Å². The van der Waals surface area contributed by atoms with Crippen LogP contribution >= 0.6 is 0 Å². The predicted octanol–water partition coefficient (Wildman–Crippen LogP) is 1.47. The van der Waals surface area contributed by atoms with Crippen LogP contribution < -0.4 is 5.32 Å². The van der Waals surface area contributed by atoms with Crippen LogP contribution in [0.4, 0.5) is 0 Å². The van der Waals surface area contributed by atoms with E-state index in [9.17, 15) is 9.59 Å². The maximum atomic E-state index is 12.1. The Morgan fingerprint density at radius 2 is 2.05 bits per heavy atom. The maximum Gasteiger partial charge on any atom is 0.303 e. The number of hydrogen-bond acceptors (Lipinski definition) is 4. The Labute approximate surface area is 115 Å². The normalized spacial score (nSPS) is 12.1. The van der Waals surface area contributed by atoms with Crippen LogP contribution in [0.1, 0.15) is 23.7 Å². The van der Waals surface area contributed by atoms with Crippen molar-refractivity contribution in [1.82, 2.24) is 15.3 Å². The molecule has 0 aliphatic heterocycles. The lowest BCUT2D eigenvalue weighted by Gasteiger charge is -2.11. The summed E-state index contributed by atoms with van der Waals surface area (Å²) in [5, 5.41) is 11.4. The Morgan fingerprint density at radius 3 is 2.80 bits per heavy atom. The third kappa shape index (κ3) is 3.28. The van der Waals surface area contributed by atoms with Crippen molar-refractivity contribution in [2.24, 2.45) is 5.92 Å².